The number of anilines is 1. The van der Waals surface area contributed by atoms with Gasteiger partial charge in [-0.3, -0.25) is 0 Å². The first kappa shape index (κ1) is 14.9. The maximum Gasteiger partial charge on any atom is 0.0438 e. The number of benzene rings is 1. The van der Waals surface area contributed by atoms with Crippen molar-refractivity contribution in [3.63, 3.8) is 0 Å². The van der Waals surface area contributed by atoms with Crippen LogP contribution in [0.2, 0.25) is 0 Å². The van der Waals surface area contributed by atoms with Gasteiger partial charge in [-0.05, 0) is 48.3 Å². The van der Waals surface area contributed by atoms with Crippen molar-refractivity contribution >= 4 is 5.69 Å². The first-order valence-corrected chi connectivity index (χ1v) is 8.66. The van der Waals surface area contributed by atoms with Crippen molar-refractivity contribution in [1.82, 2.24) is 5.32 Å². The van der Waals surface area contributed by atoms with E-state index in [1.807, 2.05) is 0 Å². The summed E-state index contributed by atoms with van der Waals surface area (Å²) in [6.07, 6.45) is 2.84. The zero-order chi connectivity index (χ0) is 15.0. The zero-order valence-corrected chi connectivity index (χ0v) is 14.0. The van der Waals surface area contributed by atoms with Crippen LogP contribution in [-0.2, 0) is 0 Å². The summed E-state index contributed by atoms with van der Waals surface area (Å²) in [5.74, 6) is 2.22. The molecule has 21 heavy (non-hydrogen) atoms. The van der Waals surface area contributed by atoms with Crippen molar-refractivity contribution in [2.75, 3.05) is 18.0 Å². The fraction of sp³-hybridized carbons (Fsp3) is 0.684. The van der Waals surface area contributed by atoms with Gasteiger partial charge in [-0.1, -0.05) is 39.8 Å². The van der Waals surface area contributed by atoms with E-state index in [-0.39, 0.29) is 0 Å². The van der Waals surface area contributed by atoms with Crippen LogP contribution in [0.3, 0.4) is 0 Å². The summed E-state index contributed by atoms with van der Waals surface area (Å²) >= 11 is 0. The van der Waals surface area contributed by atoms with Crippen LogP contribution in [0.15, 0.2) is 24.3 Å². The Bertz CT molecular complexity index is 459. The van der Waals surface area contributed by atoms with Gasteiger partial charge in [-0.25, -0.2) is 0 Å². The number of nitrogens with zero attached hydrogens (tertiary/aromatic N) is 1. The average Bonchev–Trinajstić information content (AvgIpc) is 3.31. The summed E-state index contributed by atoms with van der Waals surface area (Å²) in [6, 6.07) is 10.6. The summed E-state index contributed by atoms with van der Waals surface area (Å²) in [7, 11) is 0. The molecule has 1 aromatic rings. The van der Waals surface area contributed by atoms with Crippen LogP contribution in [0.4, 0.5) is 5.69 Å². The van der Waals surface area contributed by atoms with Crippen molar-refractivity contribution in [2.45, 2.75) is 58.5 Å². The van der Waals surface area contributed by atoms with E-state index in [0.29, 0.717) is 23.9 Å². The van der Waals surface area contributed by atoms with E-state index in [0.717, 1.165) is 12.5 Å². The SMILES string of the molecule is CC(C)c1ccc(N2CC(C3CC3)NCC2C(C)C)cc1. The summed E-state index contributed by atoms with van der Waals surface area (Å²) in [5, 5.41) is 3.80. The molecule has 116 valence electrons. The number of hydrogen-bond acceptors (Lipinski definition) is 2. The number of hydrogen-bond donors (Lipinski definition) is 1. The average molecular weight is 286 g/mol. The summed E-state index contributed by atoms with van der Waals surface area (Å²) in [6.45, 7) is 11.5. The van der Waals surface area contributed by atoms with Crippen molar-refractivity contribution in [1.29, 1.82) is 0 Å². The van der Waals surface area contributed by atoms with Crippen LogP contribution < -0.4 is 10.2 Å². The Morgan fingerprint density at radius 3 is 2.24 bits per heavy atom. The molecule has 1 aromatic carbocycles. The third-order valence-electron chi connectivity index (χ3n) is 5.23. The molecule has 1 aliphatic carbocycles. The topological polar surface area (TPSA) is 15.3 Å². The van der Waals surface area contributed by atoms with E-state index < -0.39 is 0 Å². The molecule has 0 amide bonds. The molecule has 2 heteroatoms. The van der Waals surface area contributed by atoms with Crippen LogP contribution in [-0.4, -0.2) is 25.2 Å². The van der Waals surface area contributed by atoms with Crippen molar-refractivity contribution in [3.8, 4) is 0 Å². The Morgan fingerprint density at radius 2 is 1.71 bits per heavy atom. The molecule has 2 nitrogen and oxygen atoms in total. The van der Waals surface area contributed by atoms with Gasteiger partial charge in [0.25, 0.3) is 0 Å². The fourth-order valence-corrected chi connectivity index (χ4v) is 3.55. The van der Waals surface area contributed by atoms with Crippen LogP contribution in [0.25, 0.3) is 0 Å². The second kappa shape index (κ2) is 6.00. The second-order valence-electron chi connectivity index (χ2n) is 7.56. The first-order valence-electron chi connectivity index (χ1n) is 8.66. The monoisotopic (exact) mass is 286 g/mol. The molecule has 0 radical (unpaired) electrons. The van der Waals surface area contributed by atoms with Gasteiger partial charge in [-0.15, -0.1) is 0 Å². The van der Waals surface area contributed by atoms with Gasteiger partial charge in [0.2, 0.25) is 0 Å². The lowest BCUT2D eigenvalue weighted by Gasteiger charge is -2.44. The minimum absolute atomic E-state index is 0.613. The maximum atomic E-state index is 3.80. The van der Waals surface area contributed by atoms with Gasteiger partial charge in [0.05, 0.1) is 0 Å². The molecule has 1 saturated heterocycles. The van der Waals surface area contributed by atoms with Gasteiger partial charge in [-0.2, -0.15) is 0 Å². The molecule has 2 aliphatic rings. The van der Waals surface area contributed by atoms with E-state index >= 15 is 0 Å². The van der Waals surface area contributed by atoms with Gasteiger partial charge in [0.1, 0.15) is 0 Å². The lowest BCUT2D eigenvalue weighted by atomic mass is 9.95. The standard InChI is InChI=1S/C19H30N2/c1-13(2)15-7-9-17(10-8-15)21-12-18(16-5-6-16)20-11-19(21)14(3)4/h7-10,13-14,16,18-20H,5-6,11-12H2,1-4H3. The molecule has 0 bridgehead atoms. The highest BCUT2D eigenvalue weighted by atomic mass is 15.2. The van der Waals surface area contributed by atoms with Gasteiger partial charge in [0, 0.05) is 30.9 Å². The van der Waals surface area contributed by atoms with Crippen molar-refractivity contribution < 1.29 is 0 Å². The molecule has 3 rings (SSSR count). The number of piperazine rings is 1. The third-order valence-corrected chi connectivity index (χ3v) is 5.23. The second-order valence-corrected chi connectivity index (χ2v) is 7.56. The van der Waals surface area contributed by atoms with E-state index in [1.54, 1.807) is 0 Å². The Kier molecular flexibility index (Phi) is 4.26. The van der Waals surface area contributed by atoms with E-state index in [9.17, 15) is 0 Å². The molecule has 2 unspecified atom stereocenters. The highest BCUT2D eigenvalue weighted by Crippen LogP contribution is 2.36. The largest absolute Gasteiger partial charge is 0.365 e. The molecule has 2 fully saturated rings. The first-order chi connectivity index (χ1) is 10.1. The summed E-state index contributed by atoms with van der Waals surface area (Å²) in [5.41, 5.74) is 2.85. The minimum atomic E-state index is 0.613. The smallest absolute Gasteiger partial charge is 0.0438 e. The van der Waals surface area contributed by atoms with Crippen LogP contribution >= 0.6 is 0 Å². The predicted octanol–water partition coefficient (Wildman–Crippen LogP) is 4.02. The van der Waals surface area contributed by atoms with E-state index in [1.165, 1.54) is 30.6 Å². The molecular formula is C19H30N2. The molecule has 1 saturated carbocycles. The molecular weight excluding hydrogens is 256 g/mol. The Morgan fingerprint density at radius 1 is 1.05 bits per heavy atom. The zero-order valence-electron chi connectivity index (χ0n) is 14.0. The van der Waals surface area contributed by atoms with Gasteiger partial charge < -0.3 is 10.2 Å². The molecule has 0 aromatic heterocycles. The molecule has 2 atom stereocenters. The van der Waals surface area contributed by atoms with Crippen LogP contribution in [0.5, 0.6) is 0 Å². The lowest BCUT2D eigenvalue weighted by molar-refractivity contribution is 0.320. The lowest BCUT2D eigenvalue weighted by Crippen LogP contribution is -2.59. The Hall–Kier alpha value is -1.02. The number of nitrogens with one attached hydrogen (secondary N) is 1. The molecule has 0 spiro atoms. The van der Waals surface area contributed by atoms with Crippen molar-refractivity contribution in [3.05, 3.63) is 29.8 Å². The fourth-order valence-electron chi connectivity index (χ4n) is 3.55. The van der Waals surface area contributed by atoms with E-state index in [2.05, 4.69) is 62.2 Å². The Balaban J connectivity index is 1.80. The quantitative estimate of drug-likeness (QED) is 0.899. The van der Waals surface area contributed by atoms with Crippen LogP contribution in [0, 0.1) is 11.8 Å². The predicted molar refractivity (Wildman–Crippen MR) is 91.0 cm³/mol. The third kappa shape index (κ3) is 3.26. The highest BCUT2D eigenvalue weighted by Gasteiger charge is 2.38. The molecule has 1 heterocycles. The Labute approximate surface area is 129 Å². The van der Waals surface area contributed by atoms with E-state index in [4.69, 9.17) is 0 Å². The summed E-state index contributed by atoms with van der Waals surface area (Å²) in [4.78, 5) is 2.66. The maximum absolute atomic E-state index is 3.80. The normalized spacial score (nSPS) is 26.7. The molecule has 1 N–H and O–H groups in total. The number of rotatable bonds is 4. The van der Waals surface area contributed by atoms with Gasteiger partial charge >= 0.3 is 0 Å². The summed E-state index contributed by atoms with van der Waals surface area (Å²) < 4.78 is 0. The van der Waals surface area contributed by atoms with Crippen molar-refractivity contribution in [2.24, 2.45) is 11.8 Å². The molecule has 1 aliphatic heterocycles. The van der Waals surface area contributed by atoms with Crippen LogP contribution in [0.1, 0.15) is 52.0 Å². The van der Waals surface area contributed by atoms with Gasteiger partial charge in [0.15, 0.2) is 0 Å². The highest BCUT2D eigenvalue weighted by molar-refractivity contribution is 5.50. The minimum Gasteiger partial charge on any atom is -0.365 e.